The van der Waals surface area contributed by atoms with Crippen LogP contribution in [-0.2, 0) is 0 Å². The van der Waals surface area contributed by atoms with Gasteiger partial charge in [0.05, 0.1) is 12.5 Å². The van der Waals surface area contributed by atoms with E-state index in [4.69, 9.17) is 8.83 Å². The van der Waals surface area contributed by atoms with Crippen LogP contribution in [0.1, 0.15) is 29.8 Å². The van der Waals surface area contributed by atoms with E-state index in [9.17, 15) is 0 Å². The Hall–Kier alpha value is -1.44. The normalized spacial score (nSPS) is 26.2. The van der Waals surface area contributed by atoms with Crippen LogP contribution in [0.25, 0.3) is 0 Å². The maximum atomic E-state index is 5.34. The van der Waals surface area contributed by atoms with Gasteiger partial charge in [0.25, 0.3) is 0 Å². The fraction of sp³-hybridized carbons (Fsp3) is 0.273. The first-order valence-electron chi connectivity index (χ1n) is 4.52. The van der Waals surface area contributed by atoms with Gasteiger partial charge in [-0.2, -0.15) is 0 Å². The van der Waals surface area contributed by atoms with Gasteiger partial charge in [-0.05, 0) is 30.7 Å². The molecule has 0 N–H and O–H groups in total. The number of hydrogen-bond donors (Lipinski definition) is 0. The fourth-order valence-electron chi connectivity index (χ4n) is 1.83. The molecule has 1 aliphatic rings. The summed E-state index contributed by atoms with van der Waals surface area (Å²) in [5.41, 5.74) is 0. The molecule has 0 amide bonds. The van der Waals surface area contributed by atoms with Crippen LogP contribution in [0.5, 0.6) is 0 Å². The third kappa shape index (κ3) is 1.10. The molecule has 0 radical (unpaired) electrons. The van der Waals surface area contributed by atoms with E-state index in [1.807, 2.05) is 24.3 Å². The molecule has 2 heteroatoms. The molecule has 0 spiro atoms. The average Bonchev–Trinajstić information content (AvgIpc) is 2.67. The lowest BCUT2D eigenvalue weighted by Gasteiger charge is -1.91. The predicted octanol–water partition coefficient (Wildman–Crippen LogP) is 3.14. The van der Waals surface area contributed by atoms with Crippen molar-refractivity contribution in [1.82, 2.24) is 0 Å². The molecule has 13 heavy (non-hydrogen) atoms. The van der Waals surface area contributed by atoms with Crippen LogP contribution in [0, 0.1) is 0 Å². The highest BCUT2D eigenvalue weighted by Gasteiger charge is 2.43. The van der Waals surface area contributed by atoms with Gasteiger partial charge in [-0.25, -0.2) is 0 Å². The van der Waals surface area contributed by atoms with Gasteiger partial charge in [0.15, 0.2) is 0 Å². The smallest absolute Gasteiger partial charge is 0.107 e. The predicted molar refractivity (Wildman–Crippen MR) is 47.5 cm³/mol. The monoisotopic (exact) mass is 174 g/mol. The van der Waals surface area contributed by atoms with Gasteiger partial charge >= 0.3 is 0 Å². The van der Waals surface area contributed by atoms with Gasteiger partial charge < -0.3 is 8.83 Å². The van der Waals surface area contributed by atoms with E-state index in [1.165, 1.54) is 0 Å². The Labute approximate surface area is 76.2 Å². The van der Waals surface area contributed by atoms with Crippen molar-refractivity contribution >= 4 is 0 Å². The van der Waals surface area contributed by atoms with Gasteiger partial charge in [-0.3, -0.25) is 0 Å². The van der Waals surface area contributed by atoms with E-state index < -0.39 is 0 Å². The molecule has 0 bridgehead atoms. The second-order valence-corrected chi connectivity index (χ2v) is 3.48. The summed E-state index contributed by atoms with van der Waals surface area (Å²) in [5.74, 6) is 3.25. The molecule has 2 nitrogen and oxygen atoms in total. The summed E-state index contributed by atoms with van der Waals surface area (Å²) in [6, 6.07) is 7.95. The molecule has 0 saturated heterocycles. The zero-order chi connectivity index (χ0) is 8.67. The Balaban J connectivity index is 1.81. The van der Waals surface area contributed by atoms with Crippen LogP contribution in [0.4, 0.5) is 0 Å². The molecular weight excluding hydrogens is 164 g/mol. The molecule has 1 fully saturated rings. The zero-order valence-corrected chi connectivity index (χ0v) is 7.14. The average molecular weight is 174 g/mol. The molecule has 2 atom stereocenters. The van der Waals surface area contributed by atoms with Crippen LogP contribution in [0.15, 0.2) is 45.6 Å². The standard InChI is InChI=1S/C11H10O2/c1-3-10(12-5-1)8-7-9(8)11-4-2-6-13-11/h1-6,8-9H,7H2. The highest BCUT2D eigenvalue weighted by atomic mass is 16.3. The summed E-state index contributed by atoms with van der Waals surface area (Å²) in [6.07, 6.45) is 4.61. The second-order valence-electron chi connectivity index (χ2n) is 3.48. The summed E-state index contributed by atoms with van der Waals surface area (Å²) in [5, 5.41) is 0. The zero-order valence-electron chi connectivity index (χ0n) is 7.14. The molecule has 0 aromatic carbocycles. The van der Waals surface area contributed by atoms with Gasteiger partial charge in [0.1, 0.15) is 11.5 Å². The van der Waals surface area contributed by atoms with Crippen LogP contribution >= 0.6 is 0 Å². The lowest BCUT2D eigenvalue weighted by Crippen LogP contribution is -1.77. The Morgan fingerprint density at radius 2 is 1.46 bits per heavy atom. The molecular formula is C11H10O2. The van der Waals surface area contributed by atoms with Crippen molar-refractivity contribution in [2.75, 3.05) is 0 Å². The lowest BCUT2D eigenvalue weighted by molar-refractivity contribution is 0.486. The molecule has 2 unspecified atom stereocenters. The van der Waals surface area contributed by atoms with Crippen LogP contribution in [0.2, 0.25) is 0 Å². The molecule has 2 aromatic heterocycles. The van der Waals surface area contributed by atoms with Crippen LogP contribution in [0.3, 0.4) is 0 Å². The first-order chi connectivity index (χ1) is 6.45. The summed E-state index contributed by atoms with van der Waals surface area (Å²) in [7, 11) is 0. The summed E-state index contributed by atoms with van der Waals surface area (Å²) in [6.45, 7) is 0. The number of rotatable bonds is 2. The minimum absolute atomic E-state index is 0.543. The molecule has 3 rings (SSSR count). The Morgan fingerprint density at radius 3 is 1.85 bits per heavy atom. The summed E-state index contributed by atoms with van der Waals surface area (Å²) in [4.78, 5) is 0. The van der Waals surface area contributed by atoms with Crippen molar-refractivity contribution in [2.24, 2.45) is 0 Å². The molecule has 0 aliphatic heterocycles. The van der Waals surface area contributed by atoms with Crippen molar-refractivity contribution in [3.8, 4) is 0 Å². The maximum Gasteiger partial charge on any atom is 0.107 e. The highest BCUT2D eigenvalue weighted by molar-refractivity contribution is 5.26. The van der Waals surface area contributed by atoms with Gasteiger partial charge in [0, 0.05) is 11.8 Å². The molecule has 66 valence electrons. The molecule has 1 saturated carbocycles. The first-order valence-corrected chi connectivity index (χ1v) is 4.52. The Kier molecular flexibility index (Phi) is 1.36. The summed E-state index contributed by atoms with van der Waals surface area (Å²) >= 11 is 0. The minimum atomic E-state index is 0.543. The Morgan fingerprint density at radius 1 is 0.923 bits per heavy atom. The van der Waals surface area contributed by atoms with Crippen molar-refractivity contribution in [3.05, 3.63) is 48.3 Å². The van der Waals surface area contributed by atoms with E-state index in [2.05, 4.69) is 0 Å². The lowest BCUT2D eigenvalue weighted by atomic mass is 10.2. The van der Waals surface area contributed by atoms with E-state index in [0.717, 1.165) is 17.9 Å². The number of hydrogen-bond acceptors (Lipinski definition) is 2. The van der Waals surface area contributed by atoms with Gasteiger partial charge in [-0.1, -0.05) is 0 Å². The van der Waals surface area contributed by atoms with Crippen molar-refractivity contribution in [2.45, 2.75) is 18.3 Å². The van der Waals surface area contributed by atoms with Crippen molar-refractivity contribution in [3.63, 3.8) is 0 Å². The molecule has 2 heterocycles. The van der Waals surface area contributed by atoms with E-state index in [0.29, 0.717) is 11.8 Å². The van der Waals surface area contributed by atoms with Crippen molar-refractivity contribution < 1.29 is 8.83 Å². The van der Waals surface area contributed by atoms with Crippen molar-refractivity contribution in [1.29, 1.82) is 0 Å². The highest BCUT2D eigenvalue weighted by Crippen LogP contribution is 2.54. The van der Waals surface area contributed by atoms with Crippen LogP contribution in [-0.4, -0.2) is 0 Å². The first kappa shape index (κ1) is 7.01. The third-order valence-electron chi connectivity index (χ3n) is 2.61. The third-order valence-corrected chi connectivity index (χ3v) is 2.61. The molecule has 2 aromatic rings. The summed E-state index contributed by atoms with van der Waals surface area (Å²) < 4.78 is 10.7. The maximum absolute atomic E-state index is 5.34. The largest absolute Gasteiger partial charge is 0.469 e. The van der Waals surface area contributed by atoms with E-state index in [1.54, 1.807) is 12.5 Å². The van der Waals surface area contributed by atoms with E-state index in [-0.39, 0.29) is 0 Å². The van der Waals surface area contributed by atoms with E-state index >= 15 is 0 Å². The molecule has 1 aliphatic carbocycles. The van der Waals surface area contributed by atoms with Crippen LogP contribution < -0.4 is 0 Å². The number of furan rings is 2. The topological polar surface area (TPSA) is 26.3 Å². The fourth-order valence-corrected chi connectivity index (χ4v) is 1.83. The van der Waals surface area contributed by atoms with Gasteiger partial charge in [-0.15, -0.1) is 0 Å². The minimum Gasteiger partial charge on any atom is -0.469 e. The second kappa shape index (κ2) is 2.52. The Bertz CT molecular complexity index is 334. The SMILES string of the molecule is c1coc(C2CC2c2ccco2)c1. The quantitative estimate of drug-likeness (QED) is 0.699. The van der Waals surface area contributed by atoms with Gasteiger partial charge in [0.2, 0.25) is 0 Å².